The van der Waals surface area contributed by atoms with Gasteiger partial charge in [-0.25, -0.2) is 0 Å². The van der Waals surface area contributed by atoms with Crippen molar-refractivity contribution in [3.63, 3.8) is 0 Å². The molecule has 20 heavy (non-hydrogen) atoms. The average Bonchev–Trinajstić information content (AvgIpc) is 2.46. The molecule has 2 nitrogen and oxygen atoms in total. The van der Waals surface area contributed by atoms with Crippen LogP contribution in [0.25, 0.3) is 0 Å². The Labute approximate surface area is 123 Å². The molecular formula is C18H29NO. The summed E-state index contributed by atoms with van der Waals surface area (Å²) in [6.45, 7) is 8.69. The molecule has 0 fully saturated rings. The first kappa shape index (κ1) is 15.4. The number of unbranched alkanes of at least 4 members (excludes halogenated alkanes) is 3. The van der Waals surface area contributed by atoms with Crippen molar-refractivity contribution >= 4 is 0 Å². The van der Waals surface area contributed by atoms with Crippen LogP contribution in [0.5, 0.6) is 5.75 Å². The van der Waals surface area contributed by atoms with Crippen LogP contribution in [0.2, 0.25) is 0 Å². The molecule has 0 amide bonds. The fraction of sp³-hybridized carbons (Fsp3) is 0.667. The third-order valence-corrected chi connectivity index (χ3v) is 4.15. The van der Waals surface area contributed by atoms with Crippen LogP contribution in [0.15, 0.2) is 18.2 Å². The number of ether oxygens (including phenoxy) is 1. The Bertz CT molecular complexity index is 414. The third kappa shape index (κ3) is 3.76. The molecule has 2 heteroatoms. The predicted octanol–water partition coefficient (Wildman–Crippen LogP) is 4.80. The van der Waals surface area contributed by atoms with Gasteiger partial charge in [0.05, 0.1) is 6.61 Å². The van der Waals surface area contributed by atoms with Crippen LogP contribution in [0, 0.1) is 0 Å². The van der Waals surface area contributed by atoms with Crippen molar-refractivity contribution in [3.8, 4) is 5.75 Å². The molecule has 112 valence electrons. The summed E-state index contributed by atoms with van der Waals surface area (Å²) in [6, 6.07) is 7.07. The van der Waals surface area contributed by atoms with E-state index in [2.05, 4.69) is 44.3 Å². The van der Waals surface area contributed by atoms with E-state index in [-0.39, 0.29) is 0 Å². The molecule has 0 spiro atoms. The van der Waals surface area contributed by atoms with Gasteiger partial charge < -0.3 is 10.1 Å². The van der Waals surface area contributed by atoms with Crippen LogP contribution in [-0.2, 0) is 0 Å². The molecule has 1 aliphatic heterocycles. The highest BCUT2D eigenvalue weighted by Crippen LogP contribution is 2.37. The molecule has 1 aromatic rings. The van der Waals surface area contributed by atoms with Gasteiger partial charge in [0.15, 0.2) is 0 Å². The monoisotopic (exact) mass is 275 g/mol. The van der Waals surface area contributed by atoms with Crippen LogP contribution in [0.4, 0.5) is 0 Å². The minimum atomic E-state index is 0.471. The Morgan fingerprint density at radius 3 is 2.85 bits per heavy atom. The second kappa shape index (κ2) is 7.68. The molecule has 0 saturated heterocycles. The van der Waals surface area contributed by atoms with Crippen LogP contribution < -0.4 is 10.1 Å². The zero-order chi connectivity index (χ0) is 14.4. The standard InChI is InChI=1S/C18H29NO/c1-4-5-6-7-12-19-17-11-13-20-18-15(14(2)3)9-8-10-16(17)18/h8-10,14,17,19H,4-7,11-13H2,1-3H3. The number of rotatable bonds is 7. The summed E-state index contributed by atoms with van der Waals surface area (Å²) >= 11 is 0. The van der Waals surface area contributed by atoms with E-state index in [1.54, 1.807) is 0 Å². The largest absolute Gasteiger partial charge is 0.493 e. The zero-order valence-electron chi connectivity index (χ0n) is 13.2. The Balaban J connectivity index is 1.99. The van der Waals surface area contributed by atoms with Crippen molar-refractivity contribution < 1.29 is 4.74 Å². The maximum absolute atomic E-state index is 5.95. The van der Waals surface area contributed by atoms with E-state index in [0.717, 1.165) is 25.3 Å². The number of fused-ring (bicyclic) bond motifs is 1. The molecule has 0 saturated carbocycles. The van der Waals surface area contributed by atoms with Gasteiger partial charge in [0.2, 0.25) is 0 Å². The summed E-state index contributed by atoms with van der Waals surface area (Å²) in [5.41, 5.74) is 2.71. The maximum atomic E-state index is 5.95. The summed E-state index contributed by atoms with van der Waals surface area (Å²) in [6.07, 6.45) is 6.36. The number of benzene rings is 1. The van der Waals surface area contributed by atoms with Crippen LogP contribution in [0.1, 0.15) is 76.0 Å². The maximum Gasteiger partial charge on any atom is 0.127 e. The number of hydrogen-bond donors (Lipinski definition) is 1. The lowest BCUT2D eigenvalue weighted by Crippen LogP contribution is -2.28. The minimum Gasteiger partial charge on any atom is -0.493 e. The summed E-state index contributed by atoms with van der Waals surface area (Å²) in [7, 11) is 0. The van der Waals surface area contributed by atoms with E-state index in [0.29, 0.717) is 12.0 Å². The summed E-state index contributed by atoms with van der Waals surface area (Å²) < 4.78 is 5.95. The quantitative estimate of drug-likeness (QED) is 0.721. The van der Waals surface area contributed by atoms with E-state index < -0.39 is 0 Å². The minimum absolute atomic E-state index is 0.471. The Kier molecular flexibility index (Phi) is 5.90. The molecule has 1 atom stereocenters. The topological polar surface area (TPSA) is 21.3 Å². The highest BCUT2D eigenvalue weighted by Gasteiger charge is 2.23. The molecule has 0 bridgehead atoms. The Morgan fingerprint density at radius 1 is 1.25 bits per heavy atom. The molecule has 1 unspecified atom stereocenters. The SMILES string of the molecule is CCCCCCNC1CCOc2c(C(C)C)cccc21. The van der Waals surface area contributed by atoms with Gasteiger partial charge in [0.1, 0.15) is 5.75 Å². The zero-order valence-corrected chi connectivity index (χ0v) is 13.2. The fourth-order valence-corrected chi connectivity index (χ4v) is 2.94. The molecule has 2 rings (SSSR count). The van der Waals surface area contributed by atoms with E-state index in [1.165, 1.54) is 36.8 Å². The average molecular weight is 275 g/mol. The third-order valence-electron chi connectivity index (χ3n) is 4.15. The molecule has 1 aromatic carbocycles. The van der Waals surface area contributed by atoms with Gasteiger partial charge in [0, 0.05) is 18.0 Å². The second-order valence-electron chi connectivity index (χ2n) is 6.12. The van der Waals surface area contributed by atoms with Crippen molar-refractivity contribution in [2.75, 3.05) is 13.2 Å². The van der Waals surface area contributed by atoms with Crippen molar-refractivity contribution in [3.05, 3.63) is 29.3 Å². The number of hydrogen-bond acceptors (Lipinski definition) is 2. The molecule has 1 heterocycles. The lowest BCUT2D eigenvalue weighted by Gasteiger charge is -2.29. The van der Waals surface area contributed by atoms with Crippen molar-refractivity contribution in [2.24, 2.45) is 0 Å². The van der Waals surface area contributed by atoms with E-state index in [9.17, 15) is 0 Å². The van der Waals surface area contributed by atoms with Crippen molar-refractivity contribution in [1.82, 2.24) is 5.32 Å². The van der Waals surface area contributed by atoms with Gasteiger partial charge in [-0.1, -0.05) is 58.2 Å². The highest BCUT2D eigenvalue weighted by molar-refractivity contribution is 5.46. The number of nitrogens with one attached hydrogen (secondary N) is 1. The first-order valence-electron chi connectivity index (χ1n) is 8.23. The number of para-hydroxylation sites is 1. The summed E-state index contributed by atoms with van der Waals surface area (Å²) in [4.78, 5) is 0. The lowest BCUT2D eigenvalue weighted by atomic mass is 9.93. The van der Waals surface area contributed by atoms with Gasteiger partial charge in [-0.3, -0.25) is 0 Å². The molecule has 0 radical (unpaired) electrons. The highest BCUT2D eigenvalue weighted by atomic mass is 16.5. The second-order valence-corrected chi connectivity index (χ2v) is 6.12. The van der Waals surface area contributed by atoms with Gasteiger partial charge in [-0.2, -0.15) is 0 Å². The van der Waals surface area contributed by atoms with Crippen molar-refractivity contribution in [1.29, 1.82) is 0 Å². The van der Waals surface area contributed by atoms with Crippen LogP contribution >= 0.6 is 0 Å². The van der Waals surface area contributed by atoms with Crippen LogP contribution in [-0.4, -0.2) is 13.2 Å². The molecule has 1 aliphatic rings. The lowest BCUT2D eigenvalue weighted by molar-refractivity contribution is 0.249. The van der Waals surface area contributed by atoms with E-state index in [1.807, 2.05) is 0 Å². The molecule has 1 N–H and O–H groups in total. The predicted molar refractivity (Wildman–Crippen MR) is 85.5 cm³/mol. The smallest absolute Gasteiger partial charge is 0.127 e. The van der Waals surface area contributed by atoms with E-state index >= 15 is 0 Å². The van der Waals surface area contributed by atoms with Crippen molar-refractivity contribution in [2.45, 2.75) is 64.8 Å². The summed E-state index contributed by atoms with van der Waals surface area (Å²) in [5, 5.41) is 3.72. The van der Waals surface area contributed by atoms with Gasteiger partial charge in [-0.15, -0.1) is 0 Å². The molecule has 0 aromatic heterocycles. The Hall–Kier alpha value is -1.02. The van der Waals surface area contributed by atoms with Gasteiger partial charge in [0.25, 0.3) is 0 Å². The van der Waals surface area contributed by atoms with E-state index in [4.69, 9.17) is 4.74 Å². The normalized spacial score (nSPS) is 17.9. The summed E-state index contributed by atoms with van der Waals surface area (Å²) in [5.74, 6) is 1.66. The van der Waals surface area contributed by atoms with Gasteiger partial charge >= 0.3 is 0 Å². The van der Waals surface area contributed by atoms with Gasteiger partial charge in [-0.05, 0) is 24.4 Å². The first-order chi connectivity index (χ1) is 9.74. The van der Waals surface area contributed by atoms with Crippen LogP contribution in [0.3, 0.4) is 0 Å². The molecule has 0 aliphatic carbocycles. The molecular weight excluding hydrogens is 246 g/mol. The Morgan fingerprint density at radius 2 is 2.10 bits per heavy atom. The fourth-order valence-electron chi connectivity index (χ4n) is 2.94. The first-order valence-corrected chi connectivity index (χ1v) is 8.23.